The molecule has 2 aromatic rings. The first kappa shape index (κ1) is 28.9. The van der Waals surface area contributed by atoms with Crippen molar-refractivity contribution in [2.45, 2.75) is 31.3 Å². The second-order valence-electron chi connectivity index (χ2n) is 8.38. The summed E-state index contributed by atoms with van der Waals surface area (Å²) in [6, 6.07) is 8.91. The van der Waals surface area contributed by atoms with Gasteiger partial charge in [-0.3, -0.25) is 23.3 Å². The third-order valence-corrected chi connectivity index (χ3v) is 7.65. The van der Waals surface area contributed by atoms with Crippen LogP contribution in [0.3, 0.4) is 0 Å². The molecule has 2 N–H and O–H groups in total. The number of halogens is 4. The highest BCUT2D eigenvalue weighted by molar-refractivity contribution is 7.87. The third-order valence-electron chi connectivity index (χ3n) is 5.69. The van der Waals surface area contributed by atoms with E-state index in [-0.39, 0.29) is 42.1 Å². The fourth-order valence-electron chi connectivity index (χ4n) is 3.77. The van der Waals surface area contributed by atoms with E-state index in [0.717, 1.165) is 17.0 Å². The van der Waals surface area contributed by atoms with Crippen molar-refractivity contribution in [3.05, 3.63) is 64.9 Å². The van der Waals surface area contributed by atoms with Gasteiger partial charge in [-0.15, -0.1) is 0 Å². The molecular weight excluding hydrogens is 533 g/mol. The summed E-state index contributed by atoms with van der Waals surface area (Å²) in [4.78, 5) is 28.1. The SMILES string of the molecule is O=C(NC(CCF)CCF)C(c1ccccc1Cl)N(C(=O)CCNS(=O)(=O)N1CC1)c1cccc(F)c1. The predicted molar refractivity (Wildman–Crippen MR) is 134 cm³/mol. The van der Waals surface area contributed by atoms with E-state index in [4.69, 9.17) is 11.6 Å². The number of rotatable bonds is 14. The minimum Gasteiger partial charge on any atom is -0.351 e. The molecule has 1 unspecified atom stereocenters. The molecule has 0 aliphatic carbocycles. The zero-order chi connectivity index (χ0) is 27.0. The average Bonchev–Trinajstić information content (AvgIpc) is 3.69. The Morgan fingerprint density at radius 1 is 1.05 bits per heavy atom. The molecule has 0 saturated carbocycles. The molecule has 8 nitrogen and oxygen atoms in total. The van der Waals surface area contributed by atoms with Gasteiger partial charge in [-0.25, -0.2) is 9.11 Å². The fraction of sp³-hybridized carbons (Fsp3) is 0.417. The summed E-state index contributed by atoms with van der Waals surface area (Å²) in [5, 5.41) is 2.72. The van der Waals surface area contributed by atoms with Crippen molar-refractivity contribution in [1.29, 1.82) is 0 Å². The van der Waals surface area contributed by atoms with Crippen LogP contribution >= 0.6 is 11.6 Å². The summed E-state index contributed by atoms with van der Waals surface area (Å²) in [6.45, 7) is -1.11. The Bertz CT molecular complexity index is 1190. The Morgan fingerprint density at radius 3 is 2.32 bits per heavy atom. The molecule has 1 heterocycles. The number of nitrogens with zero attached hydrogens (tertiary/aromatic N) is 2. The van der Waals surface area contributed by atoms with E-state index >= 15 is 0 Å². The van der Waals surface area contributed by atoms with Gasteiger partial charge in [0.25, 0.3) is 10.2 Å². The number of hydrogen-bond acceptors (Lipinski definition) is 4. The largest absolute Gasteiger partial charge is 0.351 e. The fourth-order valence-corrected chi connectivity index (χ4v) is 5.11. The van der Waals surface area contributed by atoms with Gasteiger partial charge in [0.1, 0.15) is 11.9 Å². The van der Waals surface area contributed by atoms with Crippen LogP contribution in [0.2, 0.25) is 5.02 Å². The summed E-state index contributed by atoms with van der Waals surface area (Å²) >= 11 is 6.39. The lowest BCUT2D eigenvalue weighted by Crippen LogP contribution is -2.48. The highest BCUT2D eigenvalue weighted by Crippen LogP contribution is 2.33. The summed E-state index contributed by atoms with van der Waals surface area (Å²) in [6.07, 6.45) is -0.648. The van der Waals surface area contributed by atoms with Crippen LogP contribution < -0.4 is 14.9 Å². The number of carbonyl (C=O) groups is 2. The first-order chi connectivity index (χ1) is 17.7. The van der Waals surface area contributed by atoms with Gasteiger partial charge in [0.05, 0.1) is 13.3 Å². The van der Waals surface area contributed by atoms with Crippen LogP contribution in [0.5, 0.6) is 0 Å². The van der Waals surface area contributed by atoms with Gasteiger partial charge in [0.15, 0.2) is 0 Å². The van der Waals surface area contributed by atoms with Gasteiger partial charge in [-0.05, 0) is 37.1 Å². The molecule has 1 saturated heterocycles. The predicted octanol–water partition coefficient (Wildman–Crippen LogP) is 3.30. The first-order valence-electron chi connectivity index (χ1n) is 11.7. The van der Waals surface area contributed by atoms with Gasteiger partial charge in [0.2, 0.25) is 11.8 Å². The minimum absolute atomic E-state index is 0.0198. The molecule has 1 aliphatic heterocycles. The van der Waals surface area contributed by atoms with Crippen molar-refractivity contribution in [2.75, 3.05) is 37.9 Å². The highest BCUT2D eigenvalue weighted by atomic mass is 35.5. The quantitative estimate of drug-likeness (QED) is 0.346. The Kier molecular flexibility index (Phi) is 10.3. The second kappa shape index (κ2) is 13.2. The lowest BCUT2D eigenvalue weighted by molar-refractivity contribution is -0.127. The van der Waals surface area contributed by atoms with Crippen molar-refractivity contribution in [2.24, 2.45) is 0 Å². The molecule has 0 radical (unpaired) electrons. The maximum atomic E-state index is 14.2. The van der Waals surface area contributed by atoms with Gasteiger partial charge in [-0.1, -0.05) is 35.9 Å². The lowest BCUT2D eigenvalue weighted by atomic mass is 10.0. The monoisotopic (exact) mass is 560 g/mol. The van der Waals surface area contributed by atoms with E-state index < -0.39 is 53.3 Å². The van der Waals surface area contributed by atoms with E-state index in [1.165, 1.54) is 28.6 Å². The Hall–Kier alpha value is -2.67. The van der Waals surface area contributed by atoms with Crippen molar-refractivity contribution in [1.82, 2.24) is 14.3 Å². The van der Waals surface area contributed by atoms with Crippen molar-refractivity contribution in [3.8, 4) is 0 Å². The zero-order valence-electron chi connectivity index (χ0n) is 19.9. The van der Waals surface area contributed by atoms with Crippen LogP contribution in [0.25, 0.3) is 0 Å². The molecule has 13 heteroatoms. The number of hydrogen-bond donors (Lipinski definition) is 2. The molecule has 1 fully saturated rings. The van der Waals surface area contributed by atoms with E-state index in [1.807, 2.05) is 0 Å². The van der Waals surface area contributed by atoms with Crippen molar-refractivity contribution < 1.29 is 31.2 Å². The number of alkyl halides is 2. The number of carbonyl (C=O) groups excluding carboxylic acids is 2. The number of anilines is 1. The maximum absolute atomic E-state index is 14.2. The van der Waals surface area contributed by atoms with Crippen LogP contribution in [0, 0.1) is 5.82 Å². The number of benzene rings is 2. The molecule has 202 valence electrons. The average molecular weight is 561 g/mol. The topological polar surface area (TPSA) is 98.6 Å². The molecule has 2 aromatic carbocycles. The van der Waals surface area contributed by atoms with Crippen LogP contribution in [0.4, 0.5) is 18.9 Å². The van der Waals surface area contributed by atoms with E-state index in [2.05, 4.69) is 10.0 Å². The molecule has 1 atom stereocenters. The van der Waals surface area contributed by atoms with E-state index in [9.17, 15) is 31.2 Å². The zero-order valence-corrected chi connectivity index (χ0v) is 21.5. The molecule has 3 rings (SSSR count). The molecule has 0 spiro atoms. The summed E-state index contributed by atoms with van der Waals surface area (Å²) < 4.78 is 68.0. The Balaban J connectivity index is 1.99. The number of nitrogens with one attached hydrogen (secondary N) is 2. The van der Waals surface area contributed by atoms with Crippen LogP contribution in [0.1, 0.15) is 30.9 Å². The summed E-state index contributed by atoms with van der Waals surface area (Å²) in [7, 11) is -3.72. The normalized spacial score (nSPS) is 14.4. The summed E-state index contributed by atoms with van der Waals surface area (Å²) in [5.41, 5.74) is 0.217. The van der Waals surface area contributed by atoms with Crippen molar-refractivity contribution in [3.63, 3.8) is 0 Å². The lowest BCUT2D eigenvalue weighted by Gasteiger charge is -2.33. The standard InChI is InChI=1S/C24H28ClF3N4O4S/c25-21-7-2-1-6-20(21)23(24(34)30-18(8-11-26)9-12-27)32(19-5-3-4-17(28)16-19)22(33)10-13-29-37(35,36)31-14-15-31/h1-7,16,18,23,29H,8-15H2,(H,30,34). The molecule has 37 heavy (non-hydrogen) atoms. The molecular formula is C24H28ClF3N4O4S. The van der Waals surface area contributed by atoms with Gasteiger partial charge >= 0.3 is 0 Å². The van der Waals surface area contributed by atoms with Crippen LogP contribution in [-0.4, -0.2) is 63.6 Å². The molecule has 0 aromatic heterocycles. The van der Waals surface area contributed by atoms with Crippen LogP contribution in [-0.2, 0) is 19.8 Å². The number of amides is 2. The Morgan fingerprint density at radius 2 is 1.73 bits per heavy atom. The van der Waals surface area contributed by atoms with Gasteiger partial charge < -0.3 is 5.32 Å². The molecule has 1 aliphatic rings. The molecule has 2 amide bonds. The van der Waals surface area contributed by atoms with Crippen LogP contribution in [0.15, 0.2) is 48.5 Å². The first-order valence-corrected chi connectivity index (χ1v) is 13.5. The second-order valence-corrected chi connectivity index (χ2v) is 10.5. The summed E-state index contributed by atoms with van der Waals surface area (Å²) in [5.74, 6) is -2.16. The van der Waals surface area contributed by atoms with Gasteiger partial charge in [0, 0.05) is 48.4 Å². The minimum atomic E-state index is -3.72. The third kappa shape index (κ3) is 7.91. The van der Waals surface area contributed by atoms with Crippen molar-refractivity contribution >= 4 is 39.3 Å². The van der Waals surface area contributed by atoms with Gasteiger partial charge in [-0.2, -0.15) is 12.7 Å². The Labute approximate surface area is 219 Å². The molecule has 0 bridgehead atoms. The highest BCUT2D eigenvalue weighted by Gasteiger charge is 2.36. The smallest absolute Gasteiger partial charge is 0.279 e. The van der Waals surface area contributed by atoms with E-state index in [1.54, 1.807) is 12.1 Å². The van der Waals surface area contributed by atoms with E-state index in [0.29, 0.717) is 13.1 Å². The maximum Gasteiger partial charge on any atom is 0.279 e.